The van der Waals surface area contributed by atoms with E-state index in [9.17, 15) is 0 Å². The van der Waals surface area contributed by atoms with Crippen LogP contribution in [0.15, 0.2) is 36.7 Å². The SMILES string of the molecule is COc1ccccc1C(C)NCCn1ccnn1. The number of aromatic nitrogens is 3. The molecule has 0 saturated heterocycles. The normalized spacial score (nSPS) is 12.3. The second-order valence-corrected chi connectivity index (χ2v) is 4.08. The fourth-order valence-electron chi connectivity index (χ4n) is 1.88. The Labute approximate surface area is 107 Å². The molecule has 1 aromatic heterocycles. The molecule has 96 valence electrons. The van der Waals surface area contributed by atoms with E-state index in [-0.39, 0.29) is 6.04 Å². The lowest BCUT2D eigenvalue weighted by molar-refractivity contribution is 0.400. The Bertz CT molecular complexity index is 470. The summed E-state index contributed by atoms with van der Waals surface area (Å²) in [7, 11) is 1.70. The van der Waals surface area contributed by atoms with Gasteiger partial charge < -0.3 is 10.1 Å². The van der Waals surface area contributed by atoms with Crippen molar-refractivity contribution < 1.29 is 4.74 Å². The Morgan fingerprint density at radius 2 is 2.22 bits per heavy atom. The molecule has 2 rings (SSSR count). The summed E-state index contributed by atoms with van der Waals surface area (Å²) < 4.78 is 7.16. The molecule has 0 spiro atoms. The van der Waals surface area contributed by atoms with Crippen LogP contribution >= 0.6 is 0 Å². The lowest BCUT2D eigenvalue weighted by atomic mass is 10.1. The van der Waals surface area contributed by atoms with E-state index in [1.54, 1.807) is 13.3 Å². The largest absolute Gasteiger partial charge is 0.496 e. The van der Waals surface area contributed by atoms with Crippen LogP contribution in [-0.2, 0) is 6.54 Å². The summed E-state index contributed by atoms with van der Waals surface area (Å²) in [5.41, 5.74) is 1.17. The minimum Gasteiger partial charge on any atom is -0.496 e. The van der Waals surface area contributed by atoms with E-state index in [0.29, 0.717) is 0 Å². The summed E-state index contributed by atoms with van der Waals surface area (Å²) in [5.74, 6) is 0.915. The molecule has 18 heavy (non-hydrogen) atoms. The summed E-state index contributed by atoms with van der Waals surface area (Å²) in [6.07, 6.45) is 3.54. The highest BCUT2D eigenvalue weighted by Gasteiger charge is 2.09. The second kappa shape index (κ2) is 6.16. The van der Waals surface area contributed by atoms with Crippen molar-refractivity contribution in [2.75, 3.05) is 13.7 Å². The van der Waals surface area contributed by atoms with Gasteiger partial charge in [0.1, 0.15) is 5.75 Å². The third kappa shape index (κ3) is 3.07. The number of nitrogens with one attached hydrogen (secondary N) is 1. The number of methoxy groups -OCH3 is 1. The fraction of sp³-hybridized carbons (Fsp3) is 0.385. The van der Waals surface area contributed by atoms with Crippen molar-refractivity contribution >= 4 is 0 Å². The van der Waals surface area contributed by atoms with Crippen molar-refractivity contribution in [2.24, 2.45) is 0 Å². The van der Waals surface area contributed by atoms with Crippen LogP contribution in [0.1, 0.15) is 18.5 Å². The zero-order valence-electron chi connectivity index (χ0n) is 10.7. The van der Waals surface area contributed by atoms with Crippen LogP contribution in [0.3, 0.4) is 0 Å². The second-order valence-electron chi connectivity index (χ2n) is 4.08. The quantitative estimate of drug-likeness (QED) is 0.842. The van der Waals surface area contributed by atoms with E-state index in [0.717, 1.165) is 18.8 Å². The topological polar surface area (TPSA) is 52.0 Å². The molecule has 0 fully saturated rings. The molecule has 1 atom stereocenters. The lowest BCUT2D eigenvalue weighted by Gasteiger charge is -2.17. The molecule has 0 aliphatic carbocycles. The number of hydrogen-bond acceptors (Lipinski definition) is 4. The molecule has 1 aromatic carbocycles. The molecule has 0 saturated carbocycles. The maximum Gasteiger partial charge on any atom is 0.123 e. The fourth-order valence-corrected chi connectivity index (χ4v) is 1.88. The minimum atomic E-state index is 0.240. The molecule has 2 aromatic rings. The molecule has 1 N–H and O–H groups in total. The Kier molecular flexibility index (Phi) is 4.30. The number of hydrogen-bond donors (Lipinski definition) is 1. The van der Waals surface area contributed by atoms with E-state index < -0.39 is 0 Å². The molecule has 1 heterocycles. The van der Waals surface area contributed by atoms with Crippen molar-refractivity contribution in [1.29, 1.82) is 0 Å². The first-order valence-electron chi connectivity index (χ1n) is 6.01. The standard InChI is InChI=1S/C13H18N4O/c1-11(12-5-3-4-6-13(12)18-2)14-7-9-17-10-8-15-16-17/h3-6,8,10-11,14H,7,9H2,1-2H3. The van der Waals surface area contributed by atoms with Gasteiger partial charge in [-0.2, -0.15) is 0 Å². The molecular formula is C13H18N4O. The Balaban J connectivity index is 1.89. The first kappa shape index (κ1) is 12.6. The van der Waals surface area contributed by atoms with Crippen molar-refractivity contribution in [3.63, 3.8) is 0 Å². The predicted molar refractivity (Wildman–Crippen MR) is 69.4 cm³/mol. The predicted octanol–water partition coefficient (Wildman–Crippen LogP) is 1.64. The first-order valence-corrected chi connectivity index (χ1v) is 6.01. The van der Waals surface area contributed by atoms with Gasteiger partial charge in [0.05, 0.1) is 19.9 Å². The molecule has 0 aliphatic heterocycles. The molecule has 0 bridgehead atoms. The van der Waals surface area contributed by atoms with Gasteiger partial charge in [-0.3, -0.25) is 4.68 Å². The van der Waals surface area contributed by atoms with Crippen LogP contribution in [0.5, 0.6) is 5.75 Å². The van der Waals surface area contributed by atoms with Crippen LogP contribution in [0.4, 0.5) is 0 Å². The Morgan fingerprint density at radius 1 is 1.39 bits per heavy atom. The van der Waals surface area contributed by atoms with Crippen molar-refractivity contribution in [3.05, 3.63) is 42.2 Å². The monoisotopic (exact) mass is 246 g/mol. The highest BCUT2D eigenvalue weighted by Crippen LogP contribution is 2.23. The molecule has 0 aliphatic rings. The van der Waals surface area contributed by atoms with Crippen LogP contribution in [0, 0.1) is 0 Å². The molecule has 0 amide bonds. The Morgan fingerprint density at radius 3 is 2.94 bits per heavy atom. The van der Waals surface area contributed by atoms with Gasteiger partial charge >= 0.3 is 0 Å². The maximum atomic E-state index is 5.35. The smallest absolute Gasteiger partial charge is 0.123 e. The third-order valence-electron chi connectivity index (χ3n) is 2.87. The lowest BCUT2D eigenvalue weighted by Crippen LogP contribution is -2.24. The number of ether oxygens (including phenoxy) is 1. The number of benzene rings is 1. The summed E-state index contributed by atoms with van der Waals surface area (Å²) in [5, 5.41) is 11.1. The average molecular weight is 246 g/mol. The highest BCUT2D eigenvalue weighted by atomic mass is 16.5. The van der Waals surface area contributed by atoms with Crippen LogP contribution in [0.2, 0.25) is 0 Å². The third-order valence-corrected chi connectivity index (χ3v) is 2.87. The van der Waals surface area contributed by atoms with Gasteiger partial charge in [0.25, 0.3) is 0 Å². The highest BCUT2D eigenvalue weighted by molar-refractivity contribution is 5.35. The van der Waals surface area contributed by atoms with Gasteiger partial charge in [-0.1, -0.05) is 23.4 Å². The molecule has 1 unspecified atom stereocenters. The maximum absolute atomic E-state index is 5.35. The number of rotatable bonds is 6. The van der Waals surface area contributed by atoms with E-state index in [1.165, 1.54) is 5.56 Å². The van der Waals surface area contributed by atoms with Crippen LogP contribution in [-0.4, -0.2) is 28.6 Å². The van der Waals surface area contributed by atoms with Gasteiger partial charge in [-0.15, -0.1) is 5.10 Å². The van der Waals surface area contributed by atoms with Gasteiger partial charge in [-0.05, 0) is 13.0 Å². The molecule has 5 nitrogen and oxygen atoms in total. The summed E-state index contributed by atoms with van der Waals surface area (Å²) in [6.45, 7) is 3.77. The van der Waals surface area contributed by atoms with E-state index in [1.807, 2.05) is 29.1 Å². The summed E-state index contributed by atoms with van der Waals surface area (Å²) in [4.78, 5) is 0. The molecular weight excluding hydrogens is 228 g/mol. The van der Waals surface area contributed by atoms with Gasteiger partial charge in [0.15, 0.2) is 0 Å². The van der Waals surface area contributed by atoms with Gasteiger partial charge in [0, 0.05) is 24.3 Å². The zero-order chi connectivity index (χ0) is 12.8. The van der Waals surface area contributed by atoms with E-state index in [2.05, 4.69) is 28.6 Å². The minimum absolute atomic E-state index is 0.240. The first-order chi connectivity index (χ1) is 8.81. The number of para-hydroxylation sites is 1. The van der Waals surface area contributed by atoms with Crippen LogP contribution < -0.4 is 10.1 Å². The van der Waals surface area contributed by atoms with E-state index >= 15 is 0 Å². The zero-order valence-corrected chi connectivity index (χ0v) is 10.7. The molecule has 0 radical (unpaired) electrons. The van der Waals surface area contributed by atoms with Crippen molar-refractivity contribution in [2.45, 2.75) is 19.5 Å². The Hall–Kier alpha value is -1.88. The molecule has 5 heteroatoms. The van der Waals surface area contributed by atoms with Crippen LogP contribution in [0.25, 0.3) is 0 Å². The van der Waals surface area contributed by atoms with Crippen molar-refractivity contribution in [3.8, 4) is 5.75 Å². The van der Waals surface area contributed by atoms with Gasteiger partial charge in [-0.25, -0.2) is 0 Å². The van der Waals surface area contributed by atoms with Crippen molar-refractivity contribution in [1.82, 2.24) is 20.3 Å². The summed E-state index contributed by atoms with van der Waals surface area (Å²) in [6, 6.07) is 8.29. The number of nitrogens with zero attached hydrogens (tertiary/aromatic N) is 3. The average Bonchev–Trinajstić information content (AvgIpc) is 2.91. The van der Waals surface area contributed by atoms with Gasteiger partial charge in [0.2, 0.25) is 0 Å². The summed E-state index contributed by atoms with van der Waals surface area (Å²) >= 11 is 0. The van der Waals surface area contributed by atoms with E-state index in [4.69, 9.17) is 4.74 Å².